The number of methoxy groups -OCH3 is 3. The second-order valence-electron chi connectivity index (χ2n) is 8.81. The molecule has 7 nitrogen and oxygen atoms in total. The van der Waals surface area contributed by atoms with Gasteiger partial charge in [-0.2, -0.15) is 5.10 Å². The van der Waals surface area contributed by atoms with E-state index in [0.717, 1.165) is 41.6 Å². The number of aromatic amines is 1. The number of anilines is 1. The third-order valence-electron chi connectivity index (χ3n) is 7.06. The van der Waals surface area contributed by atoms with Crippen molar-refractivity contribution in [2.75, 3.05) is 26.6 Å². The molecule has 1 fully saturated rings. The molecule has 176 valence electrons. The van der Waals surface area contributed by atoms with Crippen LogP contribution in [-0.2, 0) is 16.6 Å². The number of H-pyrrole nitrogens is 1. The lowest BCUT2D eigenvalue weighted by Gasteiger charge is -2.36. The highest BCUT2D eigenvalue weighted by atomic mass is 16.5. The Hall–Kier alpha value is -3.74. The topological polar surface area (TPSA) is 85.5 Å². The lowest BCUT2D eigenvalue weighted by atomic mass is 9.68. The average molecular weight is 460 g/mol. The van der Waals surface area contributed by atoms with E-state index in [4.69, 9.17) is 14.2 Å². The molecule has 1 unspecified atom stereocenters. The summed E-state index contributed by atoms with van der Waals surface area (Å²) >= 11 is 0. The molecule has 0 bridgehead atoms. The van der Waals surface area contributed by atoms with Crippen LogP contribution < -0.4 is 19.5 Å². The normalized spacial score (nSPS) is 19.1. The van der Waals surface area contributed by atoms with Crippen LogP contribution in [0.2, 0.25) is 0 Å². The summed E-state index contributed by atoms with van der Waals surface area (Å²) in [5.74, 6) is 2.51. The molecular weight excluding hydrogens is 430 g/mol. The molecule has 2 aliphatic carbocycles. The first kappa shape index (κ1) is 22.1. The van der Waals surface area contributed by atoms with Gasteiger partial charge < -0.3 is 19.5 Å². The van der Waals surface area contributed by atoms with Crippen LogP contribution in [0.4, 0.5) is 5.82 Å². The molecule has 1 aromatic heterocycles. The fourth-order valence-corrected chi connectivity index (χ4v) is 4.98. The first-order valence-electron chi connectivity index (χ1n) is 11.5. The molecule has 1 atom stereocenters. The molecule has 34 heavy (non-hydrogen) atoms. The van der Waals surface area contributed by atoms with E-state index in [1.165, 1.54) is 0 Å². The molecule has 0 spiro atoms. The Morgan fingerprint density at radius 2 is 1.79 bits per heavy atom. The number of aromatic nitrogens is 2. The van der Waals surface area contributed by atoms with Gasteiger partial charge >= 0.3 is 0 Å². The van der Waals surface area contributed by atoms with Crippen LogP contribution in [0.3, 0.4) is 0 Å². The third kappa shape index (κ3) is 3.52. The van der Waals surface area contributed by atoms with Gasteiger partial charge in [0, 0.05) is 34.6 Å². The molecule has 1 saturated carbocycles. The van der Waals surface area contributed by atoms with E-state index in [2.05, 4.69) is 33.7 Å². The van der Waals surface area contributed by atoms with Crippen LogP contribution in [0.15, 0.2) is 48.5 Å². The molecule has 2 N–H and O–H groups in total. The number of nitrogens with one attached hydrogen (secondary N) is 2. The highest BCUT2D eigenvalue weighted by Crippen LogP contribution is 2.50. The molecular formula is C27H29N3O4. The molecule has 1 amide bonds. The van der Waals surface area contributed by atoms with Crippen molar-refractivity contribution in [2.45, 2.75) is 31.1 Å². The van der Waals surface area contributed by atoms with Crippen molar-refractivity contribution in [3.8, 4) is 17.2 Å². The molecule has 2 aliphatic rings. The van der Waals surface area contributed by atoms with E-state index >= 15 is 0 Å². The number of hydrogen-bond donors (Lipinski definition) is 2. The Morgan fingerprint density at radius 3 is 2.44 bits per heavy atom. The standard InChI is InChI=1S/C27H29N3O4/c1-32-22-13-12-20(23(33-2)24(22)34-3)27(18-10-5-4-6-11-18)15-14-19-21(16-27)29-30-25(19)28-26(31)17-8-7-9-17/h4-6,10-15,17H,7-9,16H2,1-3H3,(H2,28,29,30,31). The number of hydrogen-bond acceptors (Lipinski definition) is 5. The number of fused-ring (bicyclic) bond motifs is 1. The second kappa shape index (κ2) is 8.89. The Kier molecular flexibility index (Phi) is 5.77. The number of rotatable bonds is 7. The maximum atomic E-state index is 12.5. The average Bonchev–Trinajstić information content (AvgIpc) is 3.23. The summed E-state index contributed by atoms with van der Waals surface area (Å²) in [4.78, 5) is 12.5. The summed E-state index contributed by atoms with van der Waals surface area (Å²) in [6, 6.07) is 14.2. The summed E-state index contributed by atoms with van der Waals surface area (Å²) < 4.78 is 17.1. The van der Waals surface area contributed by atoms with Gasteiger partial charge in [-0.3, -0.25) is 9.89 Å². The molecule has 7 heteroatoms. The maximum Gasteiger partial charge on any atom is 0.228 e. The minimum atomic E-state index is -0.541. The SMILES string of the molecule is COc1ccc(C2(c3ccccc3)C=Cc3c(NC(=O)C4CCC4)n[nH]c3C2)c(OC)c1OC. The van der Waals surface area contributed by atoms with E-state index in [1.807, 2.05) is 36.4 Å². The first-order chi connectivity index (χ1) is 16.6. The quantitative estimate of drug-likeness (QED) is 0.534. The zero-order chi connectivity index (χ0) is 23.7. The van der Waals surface area contributed by atoms with E-state index < -0.39 is 5.41 Å². The first-order valence-corrected chi connectivity index (χ1v) is 11.5. The molecule has 0 radical (unpaired) electrons. The minimum absolute atomic E-state index is 0.0513. The lowest BCUT2D eigenvalue weighted by molar-refractivity contribution is -0.122. The van der Waals surface area contributed by atoms with Crippen LogP contribution >= 0.6 is 0 Å². The van der Waals surface area contributed by atoms with E-state index in [1.54, 1.807) is 21.3 Å². The van der Waals surface area contributed by atoms with Gasteiger partial charge in [0.25, 0.3) is 0 Å². The van der Waals surface area contributed by atoms with E-state index in [9.17, 15) is 4.79 Å². The molecule has 0 saturated heterocycles. The summed E-state index contributed by atoms with van der Waals surface area (Å²) in [6.07, 6.45) is 7.84. The van der Waals surface area contributed by atoms with Crippen LogP contribution in [-0.4, -0.2) is 37.4 Å². The van der Waals surface area contributed by atoms with Crippen molar-refractivity contribution in [2.24, 2.45) is 5.92 Å². The van der Waals surface area contributed by atoms with Crippen molar-refractivity contribution >= 4 is 17.8 Å². The number of carbonyl (C=O) groups is 1. The fourth-order valence-electron chi connectivity index (χ4n) is 4.98. The zero-order valence-corrected chi connectivity index (χ0v) is 19.7. The van der Waals surface area contributed by atoms with Gasteiger partial charge in [-0.05, 0) is 24.5 Å². The minimum Gasteiger partial charge on any atom is -0.493 e. The number of benzene rings is 2. The van der Waals surface area contributed by atoms with E-state index in [0.29, 0.717) is 29.5 Å². The summed E-state index contributed by atoms with van der Waals surface area (Å²) in [6.45, 7) is 0. The van der Waals surface area contributed by atoms with Gasteiger partial charge in [-0.25, -0.2) is 0 Å². The molecule has 1 heterocycles. The van der Waals surface area contributed by atoms with E-state index in [-0.39, 0.29) is 11.8 Å². The predicted molar refractivity (Wildman–Crippen MR) is 131 cm³/mol. The van der Waals surface area contributed by atoms with Gasteiger partial charge in [0.1, 0.15) is 0 Å². The Morgan fingerprint density at radius 1 is 1.03 bits per heavy atom. The second-order valence-corrected chi connectivity index (χ2v) is 8.81. The summed E-state index contributed by atoms with van der Waals surface area (Å²) in [5, 5.41) is 10.6. The monoisotopic (exact) mass is 459 g/mol. The van der Waals surface area contributed by atoms with Crippen molar-refractivity contribution < 1.29 is 19.0 Å². The number of ether oxygens (including phenoxy) is 3. The molecule has 2 aromatic carbocycles. The van der Waals surface area contributed by atoms with Crippen LogP contribution in [0, 0.1) is 5.92 Å². The molecule has 3 aromatic rings. The lowest BCUT2D eigenvalue weighted by Crippen LogP contribution is -2.31. The van der Waals surface area contributed by atoms with Crippen molar-refractivity contribution in [1.29, 1.82) is 0 Å². The van der Waals surface area contributed by atoms with Crippen LogP contribution in [0.25, 0.3) is 6.08 Å². The smallest absolute Gasteiger partial charge is 0.228 e. The Labute approximate surface area is 199 Å². The predicted octanol–water partition coefficient (Wildman–Crippen LogP) is 4.73. The largest absolute Gasteiger partial charge is 0.493 e. The molecule has 0 aliphatic heterocycles. The van der Waals surface area contributed by atoms with Gasteiger partial charge in [-0.15, -0.1) is 0 Å². The third-order valence-corrected chi connectivity index (χ3v) is 7.06. The number of allylic oxidation sites excluding steroid dienone is 1. The van der Waals surface area contributed by atoms with Crippen molar-refractivity contribution in [1.82, 2.24) is 10.2 Å². The molecule has 5 rings (SSSR count). The van der Waals surface area contributed by atoms with Gasteiger partial charge in [0.2, 0.25) is 11.7 Å². The maximum absolute atomic E-state index is 12.5. The van der Waals surface area contributed by atoms with Gasteiger partial charge in [-0.1, -0.05) is 55.0 Å². The van der Waals surface area contributed by atoms with Gasteiger partial charge in [0.05, 0.1) is 21.3 Å². The summed E-state index contributed by atoms with van der Waals surface area (Å²) in [5.41, 5.74) is 3.39. The summed E-state index contributed by atoms with van der Waals surface area (Å²) in [7, 11) is 4.86. The Bertz CT molecular complexity index is 1230. The zero-order valence-electron chi connectivity index (χ0n) is 19.7. The Balaban J connectivity index is 1.61. The van der Waals surface area contributed by atoms with Crippen molar-refractivity contribution in [3.63, 3.8) is 0 Å². The number of carbonyl (C=O) groups excluding carboxylic acids is 1. The number of nitrogens with zero attached hydrogens (tertiary/aromatic N) is 1. The highest BCUT2D eigenvalue weighted by molar-refractivity contribution is 5.94. The number of amides is 1. The van der Waals surface area contributed by atoms with Crippen molar-refractivity contribution in [3.05, 3.63) is 70.9 Å². The van der Waals surface area contributed by atoms with Crippen LogP contribution in [0.1, 0.15) is 41.6 Å². The fraction of sp³-hybridized carbons (Fsp3) is 0.333. The highest BCUT2D eigenvalue weighted by Gasteiger charge is 2.40. The van der Waals surface area contributed by atoms with Crippen LogP contribution in [0.5, 0.6) is 17.2 Å². The van der Waals surface area contributed by atoms with Gasteiger partial charge in [0.15, 0.2) is 17.3 Å².